The Morgan fingerprint density at radius 1 is 1.80 bits per heavy atom. The molecule has 1 saturated heterocycles. The van der Waals surface area contributed by atoms with E-state index in [4.69, 9.17) is 0 Å². The Balaban J connectivity index is 2.32. The summed E-state index contributed by atoms with van der Waals surface area (Å²) in [6, 6.07) is 0. The van der Waals surface area contributed by atoms with Crippen molar-refractivity contribution in [2.75, 3.05) is 11.5 Å². The summed E-state index contributed by atoms with van der Waals surface area (Å²) in [6.45, 7) is 3.54. The predicted octanol–water partition coefficient (Wildman–Crippen LogP) is 1.88. The maximum atomic E-state index is 11.2. The molecular weight excluding hydrogens is 144 g/mol. The first-order valence-electron chi connectivity index (χ1n) is 3.56. The van der Waals surface area contributed by atoms with Crippen LogP contribution in [-0.4, -0.2) is 17.3 Å². The predicted molar refractivity (Wildman–Crippen MR) is 45.3 cm³/mol. The minimum atomic E-state index is 0.336. The van der Waals surface area contributed by atoms with Crippen molar-refractivity contribution in [1.82, 2.24) is 0 Å². The van der Waals surface area contributed by atoms with E-state index in [0.29, 0.717) is 18.1 Å². The first kappa shape index (κ1) is 7.86. The zero-order chi connectivity index (χ0) is 7.40. The summed E-state index contributed by atoms with van der Waals surface area (Å²) in [4.78, 5) is 11.2. The second-order valence-corrected chi connectivity index (χ2v) is 3.67. The van der Waals surface area contributed by atoms with Crippen molar-refractivity contribution in [3.05, 3.63) is 12.7 Å². The first-order chi connectivity index (χ1) is 4.84. The molecule has 56 valence electrons. The van der Waals surface area contributed by atoms with E-state index < -0.39 is 0 Å². The fourth-order valence-electron chi connectivity index (χ4n) is 1.10. The standard InChI is InChI=1S/C8H12OS/c1-2-3-8(9)7-4-5-10-6-7/h2,7H,1,3-6H2. The van der Waals surface area contributed by atoms with Crippen LogP contribution in [0.15, 0.2) is 12.7 Å². The van der Waals surface area contributed by atoms with Crippen molar-refractivity contribution in [2.24, 2.45) is 5.92 Å². The first-order valence-corrected chi connectivity index (χ1v) is 4.71. The molecule has 0 bridgehead atoms. The Bertz CT molecular complexity index is 136. The molecule has 0 aromatic carbocycles. The molecule has 0 radical (unpaired) electrons. The van der Waals surface area contributed by atoms with E-state index in [1.807, 2.05) is 11.8 Å². The molecule has 10 heavy (non-hydrogen) atoms. The van der Waals surface area contributed by atoms with Crippen LogP contribution in [0, 0.1) is 5.92 Å². The van der Waals surface area contributed by atoms with E-state index in [1.54, 1.807) is 6.08 Å². The summed E-state index contributed by atoms with van der Waals surface area (Å²) in [5, 5.41) is 0. The number of hydrogen-bond acceptors (Lipinski definition) is 2. The molecule has 1 aliphatic rings. The van der Waals surface area contributed by atoms with Crippen LogP contribution < -0.4 is 0 Å². The van der Waals surface area contributed by atoms with Gasteiger partial charge < -0.3 is 0 Å². The lowest BCUT2D eigenvalue weighted by Crippen LogP contribution is -2.11. The molecule has 0 aromatic heterocycles. The molecule has 0 spiro atoms. The lowest BCUT2D eigenvalue weighted by Gasteiger charge is -2.02. The van der Waals surface area contributed by atoms with Gasteiger partial charge in [0.15, 0.2) is 0 Å². The average molecular weight is 156 g/mol. The Morgan fingerprint density at radius 2 is 2.60 bits per heavy atom. The van der Waals surface area contributed by atoms with Crippen LogP contribution in [0.2, 0.25) is 0 Å². The van der Waals surface area contributed by atoms with Gasteiger partial charge in [-0.1, -0.05) is 6.08 Å². The van der Waals surface area contributed by atoms with Crippen LogP contribution in [0.3, 0.4) is 0 Å². The lowest BCUT2D eigenvalue weighted by molar-refractivity contribution is -0.121. The van der Waals surface area contributed by atoms with Crippen LogP contribution in [0.4, 0.5) is 0 Å². The quantitative estimate of drug-likeness (QED) is 0.580. The fraction of sp³-hybridized carbons (Fsp3) is 0.625. The van der Waals surface area contributed by atoms with Crippen LogP contribution >= 0.6 is 11.8 Å². The number of Topliss-reactive ketones (excluding diaryl/α,β-unsaturated/α-hetero) is 1. The zero-order valence-electron chi connectivity index (χ0n) is 6.01. The number of hydrogen-bond donors (Lipinski definition) is 0. The third-order valence-corrected chi connectivity index (χ3v) is 2.89. The average Bonchev–Trinajstić information content (AvgIpc) is 2.38. The number of carbonyl (C=O) groups is 1. The number of thioether (sulfide) groups is 1. The minimum Gasteiger partial charge on any atom is -0.299 e. The monoisotopic (exact) mass is 156 g/mol. The fourth-order valence-corrected chi connectivity index (χ4v) is 2.35. The van der Waals surface area contributed by atoms with Crippen molar-refractivity contribution in [3.8, 4) is 0 Å². The molecule has 1 aliphatic heterocycles. The Labute approximate surface area is 65.9 Å². The molecule has 0 aromatic rings. The van der Waals surface area contributed by atoms with E-state index >= 15 is 0 Å². The smallest absolute Gasteiger partial charge is 0.140 e. The summed E-state index contributed by atoms with van der Waals surface area (Å²) in [5.74, 6) is 2.91. The third-order valence-electron chi connectivity index (χ3n) is 1.73. The summed E-state index contributed by atoms with van der Waals surface area (Å²) in [6.07, 6.45) is 3.34. The molecule has 0 aliphatic carbocycles. The van der Waals surface area contributed by atoms with Crippen LogP contribution in [0.25, 0.3) is 0 Å². The van der Waals surface area contributed by atoms with Crippen molar-refractivity contribution in [3.63, 3.8) is 0 Å². The van der Waals surface area contributed by atoms with E-state index in [2.05, 4.69) is 6.58 Å². The molecule has 1 rings (SSSR count). The van der Waals surface area contributed by atoms with Crippen molar-refractivity contribution >= 4 is 17.5 Å². The van der Waals surface area contributed by atoms with E-state index in [0.717, 1.165) is 17.9 Å². The van der Waals surface area contributed by atoms with E-state index in [-0.39, 0.29) is 0 Å². The number of allylic oxidation sites excluding steroid dienone is 1. The van der Waals surface area contributed by atoms with Crippen LogP contribution in [0.1, 0.15) is 12.8 Å². The highest BCUT2D eigenvalue weighted by Gasteiger charge is 2.21. The highest BCUT2D eigenvalue weighted by atomic mass is 32.2. The molecule has 1 fully saturated rings. The van der Waals surface area contributed by atoms with Crippen LogP contribution in [0.5, 0.6) is 0 Å². The topological polar surface area (TPSA) is 17.1 Å². The molecule has 1 heterocycles. The molecular formula is C8H12OS. The largest absolute Gasteiger partial charge is 0.299 e. The summed E-state index contributed by atoms with van der Waals surface area (Å²) >= 11 is 1.88. The Hall–Kier alpha value is -0.240. The van der Waals surface area contributed by atoms with Gasteiger partial charge in [0.1, 0.15) is 5.78 Å². The zero-order valence-corrected chi connectivity index (χ0v) is 6.82. The van der Waals surface area contributed by atoms with Crippen LogP contribution in [-0.2, 0) is 4.79 Å². The lowest BCUT2D eigenvalue weighted by atomic mass is 10.0. The number of rotatable bonds is 3. The van der Waals surface area contributed by atoms with Gasteiger partial charge >= 0.3 is 0 Å². The second kappa shape index (κ2) is 3.81. The van der Waals surface area contributed by atoms with Gasteiger partial charge in [-0.3, -0.25) is 4.79 Å². The van der Waals surface area contributed by atoms with E-state index in [9.17, 15) is 4.79 Å². The molecule has 0 amide bonds. The van der Waals surface area contributed by atoms with Gasteiger partial charge in [0.2, 0.25) is 0 Å². The maximum absolute atomic E-state index is 11.2. The van der Waals surface area contributed by atoms with Crippen molar-refractivity contribution in [1.29, 1.82) is 0 Å². The van der Waals surface area contributed by atoms with Gasteiger partial charge in [0.25, 0.3) is 0 Å². The highest BCUT2D eigenvalue weighted by Crippen LogP contribution is 2.24. The second-order valence-electron chi connectivity index (χ2n) is 2.52. The summed E-state index contributed by atoms with van der Waals surface area (Å²) < 4.78 is 0. The van der Waals surface area contributed by atoms with Gasteiger partial charge in [0, 0.05) is 18.1 Å². The third kappa shape index (κ3) is 1.87. The Kier molecular flexibility index (Phi) is 3.00. The van der Waals surface area contributed by atoms with Gasteiger partial charge in [0.05, 0.1) is 0 Å². The SMILES string of the molecule is C=CCC(=O)C1CCSC1. The normalized spacial score (nSPS) is 24.6. The van der Waals surface area contributed by atoms with Gasteiger partial charge in [-0.15, -0.1) is 6.58 Å². The molecule has 0 N–H and O–H groups in total. The summed E-state index contributed by atoms with van der Waals surface area (Å²) in [5.41, 5.74) is 0. The minimum absolute atomic E-state index is 0.336. The van der Waals surface area contributed by atoms with Gasteiger partial charge in [-0.25, -0.2) is 0 Å². The molecule has 1 atom stereocenters. The highest BCUT2D eigenvalue weighted by molar-refractivity contribution is 7.99. The van der Waals surface area contributed by atoms with Gasteiger partial charge in [-0.05, 0) is 12.2 Å². The van der Waals surface area contributed by atoms with Gasteiger partial charge in [-0.2, -0.15) is 11.8 Å². The molecule has 1 unspecified atom stereocenters. The maximum Gasteiger partial charge on any atom is 0.140 e. The van der Waals surface area contributed by atoms with Crippen molar-refractivity contribution in [2.45, 2.75) is 12.8 Å². The molecule has 0 saturated carbocycles. The molecule has 1 nitrogen and oxygen atoms in total. The summed E-state index contributed by atoms with van der Waals surface area (Å²) in [7, 11) is 0. The number of carbonyl (C=O) groups excluding carboxylic acids is 1. The molecule has 2 heteroatoms. The Morgan fingerprint density at radius 3 is 3.10 bits per heavy atom. The van der Waals surface area contributed by atoms with E-state index in [1.165, 1.54) is 0 Å². The number of ketones is 1. The van der Waals surface area contributed by atoms with Crippen molar-refractivity contribution < 1.29 is 4.79 Å².